The number of sulfonamides is 1. The van der Waals surface area contributed by atoms with Gasteiger partial charge < -0.3 is 10.1 Å². The fraction of sp³-hybridized carbons (Fsp3) is 0.129. The summed E-state index contributed by atoms with van der Waals surface area (Å²) in [6.07, 6.45) is 1.40. The highest BCUT2D eigenvalue weighted by Gasteiger charge is 2.28. The molecule has 4 rings (SSSR count). The van der Waals surface area contributed by atoms with Crippen LogP contribution in [0.4, 0.5) is 15.8 Å². The molecule has 0 aromatic heterocycles. The van der Waals surface area contributed by atoms with Gasteiger partial charge in [-0.25, -0.2) is 18.2 Å². The number of hydrogen-bond acceptors (Lipinski definition) is 6. The quantitative estimate of drug-likeness (QED) is 0.193. The number of anilines is 2. The number of benzene rings is 4. The van der Waals surface area contributed by atoms with E-state index in [2.05, 4.69) is 15.8 Å². The molecule has 0 atom stereocenters. The Kier molecular flexibility index (Phi) is 9.66. The van der Waals surface area contributed by atoms with Gasteiger partial charge in [0, 0.05) is 5.69 Å². The highest BCUT2D eigenvalue weighted by Crippen LogP contribution is 2.28. The van der Waals surface area contributed by atoms with E-state index in [0.29, 0.717) is 22.7 Å². The maximum atomic E-state index is 13.5. The van der Waals surface area contributed by atoms with Gasteiger partial charge in [-0.15, -0.1) is 0 Å². The molecular formula is C31H29FN4O5S. The minimum Gasteiger partial charge on any atom is -0.484 e. The molecule has 216 valence electrons. The summed E-state index contributed by atoms with van der Waals surface area (Å²) in [5.41, 5.74) is 5.50. The zero-order valence-electron chi connectivity index (χ0n) is 23.0. The highest BCUT2D eigenvalue weighted by molar-refractivity contribution is 7.92. The molecule has 0 saturated heterocycles. The van der Waals surface area contributed by atoms with Crippen molar-refractivity contribution in [3.05, 3.63) is 120 Å². The lowest BCUT2D eigenvalue weighted by atomic mass is 10.1. The van der Waals surface area contributed by atoms with Crippen molar-refractivity contribution in [1.29, 1.82) is 0 Å². The van der Waals surface area contributed by atoms with Gasteiger partial charge in [-0.2, -0.15) is 5.10 Å². The Morgan fingerprint density at radius 3 is 2.26 bits per heavy atom. The minimum absolute atomic E-state index is 0.0671. The molecule has 0 heterocycles. The summed E-state index contributed by atoms with van der Waals surface area (Å²) in [5.74, 6) is -0.999. The summed E-state index contributed by atoms with van der Waals surface area (Å²) in [7, 11) is -4.04. The molecule has 9 nitrogen and oxygen atoms in total. The fourth-order valence-corrected chi connectivity index (χ4v) is 5.40. The van der Waals surface area contributed by atoms with Crippen LogP contribution in [0, 0.1) is 19.7 Å². The number of hydrogen-bond donors (Lipinski definition) is 2. The summed E-state index contributed by atoms with van der Waals surface area (Å²) < 4.78 is 46.6. The lowest BCUT2D eigenvalue weighted by Crippen LogP contribution is -2.40. The van der Waals surface area contributed by atoms with Crippen LogP contribution in [0.3, 0.4) is 0 Å². The first-order valence-corrected chi connectivity index (χ1v) is 14.3. The normalized spacial score (nSPS) is 11.2. The Morgan fingerprint density at radius 1 is 0.881 bits per heavy atom. The number of carbonyl (C=O) groups excluding carboxylic acids is 2. The molecule has 2 amide bonds. The van der Waals surface area contributed by atoms with Gasteiger partial charge >= 0.3 is 0 Å². The Bertz CT molecular complexity index is 1680. The topological polar surface area (TPSA) is 117 Å². The van der Waals surface area contributed by atoms with E-state index in [1.807, 2.05) is 13.0 Å². The number of aryl methyl sites for hydroxylation is 1. The molecule has 0 unspecified atom stereocenters. The van der Waals surface area contributed by atoms with Gasteiger partial charge in [0.1, 0.15) is 18.1 Å². The van der Waals surface area contributed by atoms with E-state index in [-0.39, 0.29) is 11.5 Å². The number of carbonyl (C=O) groups is 2. The molecule has 0 spiro atoms. The van der Waals surface area contributed by atoms with Gasteiger partial charge in [0.05, 0.1) is 16.8 Å². The van der Waals surface area contributed by atoms with Crippen LogP contribution in [-0.2, 0) is 19.6 Å². The van der Waals surface area contributed by atoms with Gasteiger partial charge in [-0.3, -0.25) is 13.9 Å². The SMILES string of the molecule is Cc1cccc(N(CC(=O)N/N=C\c2ccc(OCC(=O)Nc3ccc(F)cc3)cc2)S(=O)(=O)c2ccccc2)c1C. The summed E-state index contributed by atoms with van der Waals surface area (Å²) in [6, 6.07) is 25.2. The molecule has 4 aromatic carbocycles. The molecule has 0 aliphatic rings. The van der Waals surface area contributed by atoms with E-state index >= 15 is 0 Å². The van der Waals surface area contributed by atoms with E-state index in [4.69, 9.17) is 4.74 Å². The van der Waals surface area contributed by atoms with Crippen LogP contribution in [0.25, 0.3) is 0 Å². The molecule has 0 aliphatic carbocycles. The summed E-state index contributed by atoms with van der Waals surface area (Å²) >= 11 is 0. The van der Waals surface area contributed by atoms with E-state index in [0.717, 1.165) is 15.4 Å². The third-order valence-corrected chi connectivity index (χ3v) is 8.02. The second-order valence-corrected chi connectivity index (χ2v) is 11.1. The maximum absolute atomic E-state index is 13.5. The average Bonchev–Trinajstić information content (AvgIpc) is 2.99. The van der Waals surface area contributed by atoms with Crippen LogP contribution in [0.5, 0.6) is 5.75 Å². The van der Waals surface area contributed by atoms with Crippen molar-refractivity contribution >= 4 is 39.4 Å². The molecule has 0 aliphatic heterocycles. The Morgan fingerprint density at radius 2 is 1.57 bits per heavy atom. The van der Waals surface area contributed by atoms with Crippen LogP contribution >= 0.6 is 0 Å². The van der Waals surface area contributed by atoms with Crippen molar-refractivity contribution < 1.29 is 27.1 Å². The second-order valence-electron chi connectivity index (χ2n) is 9.25. The van der Waals surface area contributed by atoms with Crippen LogP contribution in [-0.4, -0.2) is 39.6 Å². The number of halogens is 1. The molecule has 0 saturated carbocycles. The number of ether oxygens (including phenoxy) is 1. The van der Waals surface area contributed by atoms with E-state index < -0.39 is 34.2 Å². The zero-order chi connectivity index (χ0) is 30.1. The predicted octanol–water partition coefficient (Wildman–Crippen LogP) is 4.81. The van der Waals surface area contributed by atoms with Crippen molar-refractivity contribution in [2.45, 2.75) is 18.7 Å². The van der Waals surface area contributed by atoms with Gasteiger partial charge in [0.25, 0.3) is 21.8 Å². The molecule has 42 heavy (non-hydrogen) atoms. The first-order chi connectivity index (χ1) is 20.1. The smallest absolute Gasteiger partial charge is 0.264 e. The number of rotatable bonds is 11. The van der Waals surface area contributed by atoms with Gasteiger partial charge in [-0.1, -0.05) is 30.3 Å². The van der Waals surface area contributed by atoms with E-state index in [9.17, 15) is 22.4 Å². The Labute approximate surface area is 243 Å². The first-order valence-electron chi connectivity index (χ1n) is 12.9. The third kappa shape index (κ3) is 7.79. The standard InChI is InChI=1S/C31H29FN4O5S/c1-22-7-6-10-29(23(22)2)36(42(39,40)28-8-4-3-5-9-28)20-30(37)35-33-19-24-11-17-27(18-12-24)41-21-31(38)34-26-15-13-25(32)14-16-26/h3-19H,20-21H2,1-2H3,(H,34,38)(H,35,37)/b33-19-. The van der Waals surface area contributed by atoms with E-state index in [1.54, 1.807) is 61.5 Å². The molecule has 4 aromatic rings. The number of nitrogens with zero attached hydrogens (tertiary/aromatic N) is 2. The number of amides is 2. The first kappa shape index (κ1) is 29.9. The molecule has 0 bridgehead atoms. The summed E-state index contributed by atoms with van der Waals surface area (Å²) in [6.45, 7) is 2.95. The highest BCUT2D eigenvalue weighted by atomic mass is 32.2. The average molecular weight is 589 g/mol. The minimum atomic E-state index is -4.04. The molecule has 0 radical (unpaired) electrons. The lowest BCUT2D eigenvalue weighted by molar-refractivity contribution is -0.119. The van der Waals surface area contributed by atoms with Crippen molar-refractivity contribution in [3.8, 4) is 5.75 Å². The van der Waals surface area contributed by atoms with E-state index in [1.165, 1.54) is 42.6 Å². The molecule has 2 N–H and O–H groups in total. The fourth-order valence-electron chi connectivity index (χ4n) is 3.90. The van der Waals surface area contributed by atoms with Crippen molar-refractivity contribution in [2.24, 2.45) is 5.10 Å². The maximum Gasteiger partial charge on any atom is 0.264 e. The lowest BCUT2D eigenvalue weighted by Gasteiger charge is -2.26. The molecule has 11 heteroatoms. The summed E-state index contributed by atoms with van der Waals surface area (Å²) in [5, 5.41) is 6.57. The van der Waals surface area contributed by atoms with Gasteiger partial charge in [0.15, 0.2) is 6.61 Å². The van der Waals surface area contributed by atoms with Gasteiger partial charge in [0.2, 0.25) is 0 Å². The van der Waals surface area contributed by atoms with Crippen molar-refractivity contribution in [2.75, 3.05) is 22.8 Å². The number of nitrogens with one attached hydrogen (secondary N) is 2. The number of hydrazone groups is 1. The zero-order valence-corrected chi connectivity index (χ0v) is 23.8. The van der Waals surface area contributed by atoms with Crippen LogP contribution in [0.1, 0.15) is 16.7 Å². The van der Waals surface area contributed by atoms with Crippen LogP contribution < -0.4 is 19.8 Å². The monoisotopic (exact) mass is 588 g/mol. The Balaban J connectivity index is 1.36. The van der Waals surface area contributed by atoms with Gasteiger partial charge in [-0.05, 0) is 97.3 Å². The third-order valence-electron chi connectivity index (χ3n) is 6.24. The largest absolute Gasteiger partial charge is 0.484 e. The predicted molar refractivity (Wildman–Crippen MR) is 160 cm³/mol. The van der Waals surface area contributed by atoms with Crippen LogP contribution in [0.2, 0.25) is 0 Å². The summed E-state index contributed by atoms with van der Waals surface area (Å²) in [4.78, 5) is 25.0. The van der Waals surface area contributed by atoms with Crippen molar-refractivity contribution in [1.82, 2.24) is 5.43 Å². The Hall–Kier alpha value is -5.03. The van der Waals surface area contributed by atoms with Crippen molar-refractivity contribution in [3.63, 3.8) is 0 Å². The van der Waals surface area contributed by atoms with Crippen LogP contribution in [0.15, 0.2) is 107 Å². The second kappa shape index (κ2) is 13.6. The molecular weight excluding hydrogens is 559 g/mol. The molecule has 0 fully saturated rings.